The molecule has 0 aromatic rings. The van der Waals surface area contributed by atoms with Crippen LogP contribution in [0.5, 0.6) is 0 Å². The van der Waals surface area contributed by atoms with Crippen molar-refractivity contribution in [1.82, 2.24) is 0 Å². The van der Waals surface area contributed by atoms with Crippen LogP contribution in [0.2, 0.25) is 0 Å². The molecular formula is C10H16O2S. The molecular weight excluding hydrogens is 184 g/mol. The van der Waals surface area contributed by atoms with Crippen LogP contribution in [0.4, 0.5) is 0 Å². The van der Waals surface area contributed by atoms with Crippen LogP contribution in [-0.4, -0.2) is 22.6 Å². The Balaban J connectivity index is 2.27. The van der Waals surface area contributed by atoms with Crippen molar-refractivity contribution in [2.75, 3.05) is 5.75 Å². The second-order valence-electron chi connectivity index (χ2n) is 3.48. The fourth-order valence-corrected chi connectivity index (χ4v) is 2.81. The zero-order chi connectivity index (χ0) is 9.68. The molecule has 0 saturated carbocycles. The minimum atomic E-state index is 0.278. The normalized spacial score (nSPS) is 23.2. The van der Waals surface area contributed by atoms with Crippen LogP contribution in [0.15, 0.2) is 0 Å². The van der Waals surface area contributed by atoms with Gasteiger partial charge in [-0.3, -0.25) is 9.59 Å². The molecule has 2 nitrogen and oxygen atoms in total. The first-order valence-corrected chi connectivity index (χ1v) is 5.92. The quantitative estimate of drug-likeness (QED) is 0.697. The van der Waals surface area contributed by atoms with E-state index < -0.39 is 0 Å². The Kier molecular flexibility index (Phi) is 4.50. The third kappa shape index (κ3) is 3.94. The number of hydrogen-bond acceptors (Lipinski definition) is 3. The molecule has 0 aromatic carbocycles. The third-order valence-electron chi connectivity index (χ3n) is 2.17. The van der Waals surface area contributed by atoms with Crippen LogP contribution in [0.3, 0.4) is 0 Å². The van der Waals surface area contributed by atoms with Crippen molar-refractivity contribution in [1.29, 1.82) is 0 Å². The molecule has 1 atom stereocenters. The fourth-order valence-electron chi connectivity index (χ4n) is 1.52. The largest absolute Gasteiger partial charge is 0.300 e. The number of Topliss-reactive ketones (excluding diaryl/α,β-unsaturated/α-hetero) is 2. The van der Waals surface area contributed by atoms with E-state index in [9.17, 15) is 9.59 Å². The van der Waals surface area contributed by atoms with E-state index in [2.05, 4.69) is 0 Å². The van der Waals surface area contributed by atoms with Gasteiger partial charge in [0.05, 0.1) is 0 Å². The molecule has 0 spiro atoms. The predicted octanol–water partition coefficient (Wildman–Crippen LogP) is 2.21. The summed E-state index contributed by atoms with van der Waals surface area (Å²) in [6.45, 7) is 2.01. The van der Waals surface area contributed by atoms with Gasteiger partial charge in [-0.2, -0.15) is 11.8 Å². The molecule has 0 bridgehead atoms. The van der Waals surface area contributed by atoms with E-state index in [-0.39, 0.29) is 5.25 Å². The van der Waals surface area contributed by atoms with Crippen LogP contribution in [0.1, 0.15) is 39.0 Å². The maximum Gasteiger partial charge on any atom is 0.134 e. The minimum Gasteiger partial charge on any atom is -0.300 e. The zero-order valence-electron chi connectivity index (χ0n) is 8.04. The molecule has 1 aliphatic heterocycles. The molecule has 3 heteroatoms. The van der Waals surface area contributed by atoms with E-state index in [0.29, 0.717) is 37.2 Å². The minimum absolute atomic E-state index is 0.278. The van der Waals surface area contributed by atoms with Gasteiger partial charge in [0, 0.05) is 36.7 Å². The SMILES string of the molecule is CCCC(=O)CC1CC(=O)CCS1. The predicted molar refractivity (Wildman–Crippen MR) is 55.0 cm³/mol. The lowest BCUT2D eigenvalue weighted by Gasteiger charge is -2.19. The molecule has 1 unspecified atom stereocenters. The Morgan fingerprint density at radius 1 is 1.62 bits per heavy atom. The van der Waals surface area contributed by atoms with Crippen molar-refractivity contribution < 1.29 is 9.59 Å². The number of thioether (sulfide) groups is 1. The van der Waals surface area contributed by atoms with Gasteiger partial charge in [-0.15, -0.1) is 0 Å². The number of carbonyl (C=O) groups excluding carboxylic acids is 2. The molecule has 13 heavy (non-hydrogen) atoms. The maximum absolute atomic E-state index is 11.3. The molecule has 1 saturated heterocycles. The lowest BCUT2D eigenvalue weighted by atomic mass is 10.1. The lowest BCUT2D eigenvalue weighted by molar-refractivity contribution is -0.120. The standard InChI is InChI=1S/C10H16O2S/c1-2-3-8(11)6-10-7-9(12)4-5-13-10/h10H,2-7H2,1H3. The highest BCUT2D eigenvalue weighted by Gasteiger charge is 2.21. The van der Waals surface area contributed by atoms with Gasteiger partial charge in [-0.1, -0.05) is 6.92 Å². The smallest absolute Gasteiger partial charge is 0.134 e. The summed E-state index contributed by atoms with van der Waals surface area (Å²) in [6, 6.07) is 0. The average Bonchev–Trinajstić information content (AvgIpc) is 2.04. The first-order valence-electron chi connectivity index (χ1n) is 4.87. The second-order valence-corrected chi connectivity index (χ2v) is 4.89. The Morgan fingerprint density at radius 3 is 3.00 bits per heavy atom. The van der Waals surface area contributed by atoms with Crippen molar-refractivity contribution in [2.45, 2.75) is 44.3 Å². The van der Waals surface area contributed by atoms with Gasteiger partial charge in [0.15, 0.2) is 0 Å². The topological polar surface area (TPSA) is 34.1 Å². The van der Waals surface area contributed by atoms with Crippen LogP contribution < -0.4 is 0 Å². The number of hydrogen-bond donors (Lipinski definition) is 0. The van der Waals surface area contributed by atoms with E-state index in [1.807, 2.05) is 6.92 Å². The van der Waals surface area contributed by atoms with Gasteiger partial charge in [0.2, 0.25) is 0 Å². The molecule has 0 N–H and O–H groups in total. The Morgan fingerprint density at radius 2 is 2.38 bits per heavy atom. The van der Waals surface area contributed by atoms with Crippen LogP contribution >= 0.6 is 11.8 Å². The van der Waals surface area contributed by atoms with Gasteiger partial charge >= 0.3 is 0 Å². The zero-order valence-corrected chi connectivity index (χ0v) is 8.86. The Bertz CT molecular complexity index is 201. The van der Waals surface area contributed by atoms with E-state index in [4.69, 9.17) is 0 Å². The van der Waals surface area contributed by atoms with Crippen molar-refractivity contribution in [3.8, 4) is 0 Å². The summed E-state index contributed by atoms with van der Waals surface area (Å²) in [5, 5.41) is 0.278. The fraction of sp³-hybridized carbons (Fsp3) is 0.800. The molecule has 0 aromatic heterocycles. The Labute approximate surface area is 83.5 Å². The van der Waals surface area contributed by atoms with Gasteiger partial charge in [-0.25, -0.2) is 0 Å². The molecule has 74 valence electrons. The highest BCUT2D eigenvalue weighted by atomic mass is 32.2. The Hall–Kier alpha value is -0.310. The molecule has 1 rings (SSSR count). The summed E-state index contributed by atoms with van der Waals surface area (Å²) in [7, 11) is 0. The molecule has 1 fully saturated rings. The van der Waals surface area contributed by atoms with Crippen LogP contribution in [0.25, 0.3) is 0 Å². The van der Waals surface area contributed by atoms with Gasteiger partial charge in [0.25, 0.3) is 0 Å². The number of carbonyl (C=O) groups is 2. The average molecular weight is 200 g/mol. The van der Waals surface area contributed by atoms with Crippen molar-refractivity contribution in [3.63, 3.8) is 0 Å². The monoisotopic (exact) mass is 200 g/mol. The summed E-state index contributed by atoms with van der Waals surface area (Å²) >= 11 is 1.78. The summed E-state index contributed by atoms with van der Waals surface area (Å²) in [5.74, 6) is 1.55. The summed E-state index contributed by atoms with van der Waals surface area (Å²) in [4.78, 5) is 22.4. The van der Waals surface area contributed by atoms with E-state index in [0.717, 1.165) is 12.2 Å². The van der Waals surface area contributed by atoms with Crippen molar-refractivity contribution >= 4 is 23.3 Å². The van der Waals surface area contributed by atoms with E-state index in [1.165, 1.54) is 0 Å². The second kappa shape index (κ2) is 5.43. The van der Waals surface area contributed by atoms with Gasteiger partial charge in [0.1, 0.15) is 11.6 Å². The maximum atomic E-state index is 11.3. The highest BCUT2D eigenvalue weighted by Crippen LogP contribution is 2.26. The first kappa shape index (κ1) is 10.8. The number of ketones is 2. The molecule has 1 aliphatic rings. The summed E-state index contributed by atoms with van der Waals surface area (Å²) in [5.41, 5.74) is 0. The number of rotatable bonds is 4. The van der Waals surface area contributed by atoms with Crippen molar-refractivity contribution in [3.05, 3.63) is 0 Å². The lowest BCUT2D eigenvalue weighted by Crippen LogP contribution is -2.20. The summed E-state index contributed by atoms with van der Waals surface area (Å²) < 4.78 is 0. The van der Waals surface area contributed by atoms with Crippen LogP contribution in [-0.2, 0) is 9.59 Å². The third-order valence-corrected chi connectivity index (χ3v) is 3.42. The van der Waals surface area contributed by atoms with Crippen molar-refractivity contribution in [2.24, 2.45) is 0 Å². The molecule has 1 heterocycles. The molecule has 0 aliphatic carbocycles. The van der Waals surface area contributed by atoms with E-state index in [1.54, 1.807) is 11.8 Å². The summed E-state index contributed by atoms with van der Waals surface area (Å²) in [6.07, 6.45) is 3.50. The molecule has 0 amide bonds. The van der Waals surface area contributed by atoms with Gasteiger partial charge < -0.3 is 0 Å². The van der Waals surface area contributed by atoms with Gasteiger partial charge in [-0.05, 0) is 6.42 Å². The van der Waals surface area contributed by atoms with E-state index >= 15 is 0 Å². The first-order chi connectivity index (χ1) is 6.22. The molecule has 0 radical (unpaired) electrons. The highest BCUT2D eigenvalue weighted by molar-refractivity contribution is 8.00. The van der Waals surface area contributed by atoms with Crippen LogP contribution in [0, 0.1) is 0 Å².